The number of hydrogen-bond donors (Lipinski definition) is 1. The standard InChI is InChI=1S/C33H26N4O7S/c1-19-29(31(38)35-21-9-5-4-6-10-21)30(20-8-7-11-23(16-20)42-2)36-32(39)28(45-33(36)34-19)18-24-13-15-27(44-24)25-17-22(37(40)41)12-14-26(25)43-3/h4-18,30H,1-3H3,(H,35,38)/b28-18-/t30-/m1/s1. The van der Waals surface area contributed by atoms with E-state index in [-0.39, 0.29) is 17.2 Å². The highest BCUT2D eigenvalue weighted by atomic mass is 32.1. The van der Waals surface area contributed by atoms with Crippen molar-refractivity contribution in [2.75, 3.05) is 19.5 Å². The van der Waals surface area contributed by atoms with Gasteiger partial charge in [0.1, 0.15) is 23.0 Å². The number of furan rings is 1. The van der Waals surface area contributed by atoms with Gasteiger partial charge in [-0.15, -0.1) is 0 Å². The zero-order valence-electron chi connectivity index (χ0n) is 24.3. The molecule has 1 aliphatic heterocycles. The average Bonchev–Trinajstić information content (AvgIpc) is 3.64. The molecule has 0 bridgehead atoms. The number of benzene rings is 3. The van der Waals surface area contributed by atoms with Crippen LogP contribution in [0.2, 0.25) is 0 Å². The van der Waals surface area contributed by atoms with Gasteiger partial charge in [0, 0.05) is 23.9 Å². The van der Waals surface area contributed by atoms with Crippen molar-refractivity contribution in [1.29, 1.82) is 0 Å². The quantitative estimate of drug-likeness (QED) is 0.189. The minimum atomic E-state index is -0.788. The van der Waals surface area contributed by atoms with Crippen molar-refractivity contribution in [2.45, 2.75) is 13.0 Å². The average molecular weight is 623 g/mol. The van der Waals surface area contributed by atoms with Gasteiger partial charge < -0.3 is 19.2 Å². The van der Waals surface area contributed by atoms with E-state index in [1.54, 1.807) is 62.6 Å². The molecule has 5 aromatic rings. The van der Waals surface area contributed by atoms with Crippen LogP contribution in [0.3, 0.4) is 0 Å². The molecule has 0 unspecified atom stereocenters. The maximum Gasteiger partial charge on any atom is 0.271 e. The number of carbonyl (C=O) groups excluding carboxylic acids is 1. The first kappa shape index (κ1) is 29.3. The lowest BCUT2D eigenvalue weighted by molar-refractivity contribution is -0.384. The van der Waals surface area contributed by atoms with Crippen molar-refractivity contribution in [3.8, 4) is 22.8 Å². The molecule has 1 amide bonds. The monoisotopic (exact) mass is 622 g/mol. The van der Waals surface area contributed by atoms with E-state index in [0.717, 1.165) is 11.3 Å². The number of nitrogens with zero attached hydrogens (tertiary/aromatic N) is 3. The first-order chi connectivity index (χ1) is 21.8. The van der Waals surface area contributed by atoms with Crippen LogP contribution in [0.4, 0.5) is 11.4 Å². The number of carbonyl (C=O) groups is 1. The lowest BCUT2D eigenvalue weighted by Crippen LogP contribution is -2.40. The molecule has 0 saturated heterocycles. The minimum absolute atomic E-state index is 0.114. The number of anilines is 1. The van der Waals surface area contributed by atoms with E-state index in [0.29, 0.717) is 60.4 Å². The van der Waals surface area contributed by atoms with Crippen molar-refractivity contribution in [2.24, 2.45) is 4.99 Å². The SMILES string of the molecule is COc1cccc([C@@H]2C(C(=O)Nc3ccccc3)=C(C)N=c3s/c(=C\c4ccc(-c5cc([N+](=O)[O-])ccc5OC)o4)c(=O)n32)c1. The van der Waals surface area contributed by atoms with Gasteiger partial charge >= 0.3 is 0 Å². The van der Waals surface area contributed by atoms with E-state index in [1.165, 1.54) is 29.9 Å². The van der Waals surface area contributed by atoms with E-state index < -0.39 is 11.0 Å². The van der Waals surface area contributed by atoms with Crippen LogP contribution >= 0.6 is 11.3 Å². The molecule has 2 aromatic heterocycles. The Morgan fingerprint density at radius 1 is 1.04 bits per heavy atom. The summed E-state index contributed by atoms with van der Waals surface area (Å²) in [6.45, 7) is 1.75. The lowest BCUT2D eigenvalue weighted by Gasteiger charge is -2.25. The Labute approximate surface area is 260 Å². The fourth-order valence-electron chi connectivity index (χ4n) is 5.17. The molecule has 0 aliphatic carbocycles. The maximum absolute atomic E-state index is 14.0. The first-order valence-corrected chi connectivity index (χ1v) is 14.5. The van der Waals surface area contributed by atoms with Gasteiger partial charge in [0.15, 0.2) is 4.80 Å². The summed E-state index contributed by atoms with van der Waals surface area (Å²) >= 11 is 1.16. The zero-order chi connectivity index (χ0) is 31.7. The number of para-hydroxylation sites is 1. The maximum atomic E-state index is 14.0. The molecule has 0 fully saturated rings. The molecule has 0 spiro atoms. The molecule has 12 heteroatoms. The van der Waals surface area contributed by atoms with Crippen molar-refractivity contribution >= 4 is 34.7 Å². The van der Waals surface area contributed by atoms with E-state index in [9.17, 15) is 19.7 Å². The highest BCUT2D eigenvalue weighted by molar-refractivity contribution is 7.07. The van der Waals surface area contributed by atoms with Gasteiger partial charge in [0.2, 0.25) is 0 Å². The minimum Gasteiger partial charge on any atom is -0.497 e. The number of amides is 1. The molecule has 226 valence electrons. The number of nitro groups is 1. The molecule has 1 aliphatic rings. The zero-order valence-corrected chi connectivity index (χ0v) is 25.2. The predicted octanol–water partition coefficient (Wildman–Crippen LogP) is 5.06. The normalized spacial score (nSPS) is 14.5. The van der Waals surface area contributed by atoms with Crippen LogP contribution in [0.1, 0.15) is 24.3 Å². The number of fused-ring (bicyclic) bond motifs is 1. The first-order valence-electron chi connectivity index (χ1n) is 13.7. The Kier molecular flexibility index (Phi) is 7.88. The largest absolute Gasteiger partial charge is 0.497 e. The number of non-ortho nitro benzene ring substituents is 1. The molecule has 0 radical (unpaired) electrons. The van der Waals surface area contributed by atoms with Crippen molar-refractivity contribution < 1.29 is 23.6 Å². The van der Waals surface area contributed by atoms with Gasteiger partial charge in [-0.25, -0.2) is 4.99 Å². The van der Waals surface area contributed by atoms with Crippen molar-refractivity contribution in [1.82, 2.24) is 4.57 Å². The third kappa shape index (κ3) is 5.66. The predicted molar refractivity (Wildman–Crippen MR) is 169 cm³/mol. The third-order valence-electron chi connectivity index (χ3n) is 7.27. The summed E-state index contributed by atoms with van der Waals surface area (Å²) in [6.07, 6.45) is 1.59. The number of aromatic nitrogens is 1. The summed E-state index contributed by atoms with van der Waals surface area (Å²) < 4.78 is 18.7. The molecular formula is C33H26N4O7S. The molecule has 3 aromatic carbocycles. The number of methoxy groups -OCH3 is 2. The van der Waals surface area contributed by atoms with Crippen LogP contribution in [-0.4, -0.2) is 29.6 Å². The molecule has 1 atom stereocenters. The van der Waals surface area contributed by atoms with Crippen LogP contribution in [-0.2, 0) is 4.79 Å². The molecule has 6 rings (SSSR count). The topological polar surface area (TPSA) is 138 Å². The number of hydrogen-bond acceptors (Lipinski definition) is 9. The van der Waals surface area contributed by atoms with Gasteiger partial charge in [-0.05, 0) is 55.0 Å². The van der Waals surface area contributed by atoms with Gasteiger partial charge in [-0.3, -0.25) is 24.3 Å². The van der Waals surface area contributed by atoms with Crippen LogP contribution in [0.15, 0.2) is 110 Å². The Morgan fingerprint density at radius 2 is 1.84 bits per heavy atom. The second-order valence-corrected chi connectivity index (χ2v) is 11.0. The van der Waals surface area contributed by atoms with Crippen LogP contribution < -0.4 is 29.7 Å². The van der Waals surface area contributed by atoms with E-state index in [2.05, 4.69) is 10.3 Å². The molecule has 1 N–H and O–H groups in total. The molecule has 11 nitrogen and oxygen atoms in total. The number of rotatable bonds is 8. The number of nitrogens with one attached hydrogen (secondary N) is 1. The van der Waals surface area contributed by atoms with Crippen LogP contribution in [0, 0.1) is 10.1 Å². The molecular weight excluding hydrogens is 596 g/mol. The number of allylic oxidation sites excluding steroid dienone is 1. The third-order valence-corrected chi connectivity index (χ3v) is 8.25. The second-order valence-electron chi connectivity index (χ2n) is 10.0. The fraction of sp³-hybridized carbons (Fsp3) is 0.121. The van der Waals surface area contributed by atoms with Gasteiger partial charge in [-0.2, -0.15) is 0 Å². The Balaban J connectivity index is 1.45. The van der Waals surface area contributed by atoms with Crippen LogP contribution in [0.5, 0.6) is 11.5 Å². The summed E-state index contributed by atoms with van der Waals surface area (Å²) in [5, 5.41) is 14.3. The van der Waals surface area contributed by atoms with Crippen molar-refractivity contribution in [3.63, 3.8) is 0 Å². The van der Waals surface area contributed by atoms with E-state index in [4.69, 9.17) is 13.9 Å². The summed E-state index contributed by atoms with van der Waals surface area (Å²) in [6, 6.07) is 23.0. The fourth-order valence-corrected chi connectivity index (χ4v) is 6.19. The highest BCUT2D eigenvalue weighted by Gasteiger charge is 2.33. The van der Waals surface area contributed by atoms with Gasteiger partial charge in [0.25, 0.3) is 17.2 Å². The van der Waals surface area contributed by atoms with E-state index >= 15 is 0 Å². The molecule has 45 heavy (non-hydrogen) atoms. The van der Waals surface area contributed by atoms with Gasteiger partial charge in [-0.1, -0.05) is 41.7 Å². The molecule has 3 heterocycles. The second kappa shape index (κ2) is 12.1. The number of ether oxygens (including phenoxy) is 2. The Bertz CT molecular complexity index is 2160. The Hall–Kier alpha value is -5.75. The summed E-state index contributed by atoms with van der Waals surface area (Å²) in [4.78, 5) is 43.7. The highest BCUT2D eigenvalue weighted by Crippen LogP contribution is 2.35. The van der Waals surface area contributed by atoms with Crippen LogP contribution in [0.25, 0.3) is 17.4 Å². The van der Waals surface area contributed by atoms with E-state index in [1.807, 2.05) is 24.3 Å². The van der Waals surface area contributed by atoms with Gasteiger partial charge in [0.05, 0.1) is 46.6 Å². The summed E-state index contributed by atoms with van der Waals surface area (Å²) in [7, 11) is 3.01. The smallest absolute Gasteiger partial charge is 0.271 e. The van der Waals surface area contributed by atoms with Crippen molar-refractivity contribution in [3.05, 3.63) is 137 Å². The Morgan fingerprint density at radius 3 is 2.58 bits per heavy atom. The number of nitro benzene ring substituents is 1. The summed E-state index contributed by atoms with van der Waals surface area (Å²) in [5.41, 5.74) is 2.00. The number of thiazole rings is 1. The molecule has 0 saturated carbocycles. The lowest BCUT2D eigenvalue weighted by atomic mass is 9.95. The summed E-state index contributed by atoms with van der Waals surface area (Å²) in [5.74, 6) is 1.27.